The number of hydrogen-bond acceptors (Lipinski definition) is 16. The first kappa shape index (κ1) is 46.4. The van der Waals surface area contributed by atoms with E-state index in [4.69, 9.17) is 47.4 Å². The Morgan fingerprint density at radius 1 is 0.729 bits per heavy atom. The Bertz CT molecular complexity index is 3210. The molecule has 2 fully saturated rings. The number of pyridine rings is 2. The van der Waals surface area contributed by atoms with Crippen molar-refractivity contribution in [2.45, 2.75) is 24.8 Å². The second-order valence-corrected chi connectivity index (χ2v) is 18.0. The van der Waals surface area contributed by atoms with Gasteiger partial charge in [-0.3, -0.25) is 23.4 Å². The Morgan fingerprint density at radius 3 is 1.80 bits per heavy atom. The van der Waals surface area contributed by atoms with Crippen LogP contribution in [-0.4, -0.2) is 150 Å². The monoisotopic (exact) mass is 984 g/mol. The van der Waals surface area contributed by atoms with Crippen LogP contribution in [-0.2, 0) is 4.79 Å². The molecule has 0 bridgehead atoms. The fourth-order valence-corrected chi connectivity index (χ4v) is 9.67. The molecule has 21 heteroatoms. The van der Waals surface area contributed by atoms with Crippen LogP contribution in [0.25, 0.3) is 34.1 Å². The largest absolute Gasteiger partial charge is 0.494 e. The van der Waals surface area contributed by atoms with E-state index >= 15 is 0 Å². The minimum Gasteiger partial charge on any atom is -0.494 e. The number of anilines is 5. The van der Waals surface area contributed by atoms with E-state index in [9.17, 15) is 9.90 Å². The zero-order chi connectivity index (χ0) is 48.7. The van der Waals surface area contributed by atoms with Crippen molar-refractivity contribution >= 4 is 69.4 Å². The van der Waals surface area contributed by atoms with Crippen LogP contribution in [0.3, 0.4) is 0 Å². The Labute approximate surface area is 413 Å². The second-order valence-electron chi connectivity index (χ2n) is 17.1. The van der Waals surface area contributed by atoms with Crippen molar-refractivity contribution in [3.63, 3.8) is 0 Å². The molecule has 0 aliphatic carbocycles. The lowest BCUT2D eigenvalue weighted by atomic mass is 9.91. The molecule has 0 radical (unpaired) electrons. The first-order valence-electron chi connectivity index (χ1n) is 22.6. The Hall–Kier alpha value is -7.29. The standard InChI is InChI=1S/C49H50Cl2N14O5/c1-30(66)49(46(67)60(2)3,63-28-33(29-63)70-32-13-15-37(41(23-32)69-5)57-48-55-25-35(51)45(59-48)39-27-53-43-11-7-9-17-65(39)43)62-20-18-61(19-21-62)31-12-14-36(40(22-31)68-4)56-47-54-24-34(50)44(58-47)38-26-52-42-10-6-8-16-64(38)42/h6-17,22-27,30,33,66H,18-21,28-29H2,1-5H3,(H,54,56,58)(H,55,57,59). The van der Waals surface area contributed by atoms with Crippen LogP contribution in [0.15, 0.2) is 110 Å². The number of nitrogens with zero attached hydrogens (tertiary/aromatic N) is 12. The number of fused-ring (bicyclic) bond motifs is 2. The topological polar surface area (TPSA) is 188 Å². The lowest BCUT2D eigenvalue weighted by Crippen LogP contribution is -2.80. The highest BCUT2D eigenvalue weighted by atomic mass is 35.5. The number of halogens is 2. The summed E-state index contributed by atoms with van der Waals surface area (Å²) in [6.07, 6.45) is 9.08. The van der Waals surface area contributed by atoms with Gasteiger partial charge < -0.3 is 39.8 Å². The molecule has 2 aliphatic heterocycles. The molecule has 2 saturated heterocycles. The van der Waals surface area contributed by atoms with Gasteiger partial charge in [0.25, 0.3) is 5.91 Å². The zero-order valence-electron chi connectivity index (χ0n) is 39.0. The van der Waals surface area contributed by atoms with Crippen LogP contribution in [0, 0.1) is 0 Å². The molecule has 360 valence electrons. The number of carbonyl (C=O) groups is 1. The van der Waals surface area contributed by atoms with E-state index < -0.39 is 11.8 Å². The predicted molar refractivity (Wildman–Crippen MR) is 268 cm³/mol. The van der Waals surface area contributed by atoms with E-state index in [0.29, 0.717) is 101 Å². The molecule has 3 N–H and O–H groups in total. The van der Waals surface area contributed by atoms with E-state index in [-0.39, 0.29) is 12.0 Å². The lowest BCUT2D eigenvalue weighted by molar-refractivity contribution is -0.198. The van der Waals surface area contributed by atoms with Gasteiger partial charge in [0.15, 0.2) is 5.66 Å². The molecule has 2 unspecified atom stereocenters. The van der Waals surface area contributed by atoms with Gasteiger partial charge in [-0.25, -0.2) is 29.9 Å². The summed E-state index contributed by atoms with van der Waals surface area (Å²) in [5.74, 6) is 2.14. The number of hydrogen-bond donors (Lipinski definition) is 3. The smallest absolute Gasteiger partial charge is 0.260 e. The lowest BCUT2D eigenvalue weighted by Gasteiger charge is -2.58. The van der Waals surface area contributed by atoms with Gasteiger partial charge in [-0.15, -0.1) is 0 Å². The van der Waals surface area contributed by atoms with Gasteiger partial charge in [0.05, 0.1) is 77.9 Å². The second kappa shape index (κ2) is 19.2. The molecule has 70 heavy (non-hydrogen) atoms. The highest BCUT2D eigenvalue weighted by molar-refractivity contribution is 6.33. The quantitative estimate of drug-likeness (QED) is 0.0977. The van der Waals surface area contributed by atoms with Crippen LogP contribution >= 0.6 is 23.2 Å². The number of ether oxygens (including phenoxy) is 3. The molecule has 0 saturated carbocycles. The third kappa shape index (κ3) is 8.59. The molecule has 2 aromatic carbocycles. The van der Waals surface area contributed by atoms with Crippen LogP contribution < -0.4 is 29.7 Å². The third-order valence-corrected chi connectivity index (χ3v) is 13.3. The number of amides is 1. The van der Waals surface area contributed by atoms with Crippen molar-refractivity contribution in [1.29, 1.82) is 0 Å². The van der Waals surface area contributed by atoms with Crippen LogP contribution in [0.1, 0.15) is 6.92 Å². The number of likely N-dealkylation sites (N-methyl/N-ethyl adjacent to an activating group) is 1. The van der Waals surface area contributed by atoms with Crippen molar-refractivity contribution in [3.8, 4) is 40.0 Å². The summed E-state index contributed by atoms with van der Waals surface area (Å²) in [6, 6.07) is 22.9. The summed E-state index contributed by atoms with van der Waals surface area (Å²) in [4.78, 5) is 49.5. The number of methoxy groups -OCH3 is 2. The predicted octanol–water partition coefficient (Wildman–Crippen LogP) is 6.76. The fraction of sp³-hybridized carbons (Fsp3) is 0.286. The average Bonchev–Trinajstić information content (AvgIpc) is 4.00. The highest BCUT2D eigenvalue weighted by Gasteiger charge is 2.58. The number of benzene rings is 2. The summed E-state index contributed by atoms with van der Waals surface area (Å²) in [5, 5.41) is 19.0. The number of likely N-dealkylation sites (tertiary alicyclic amines) is 1. The minimum atomic E-state index is -1.33. The average molecular weight is 986 g/mol. The molecule has 0 spiro atoms. The summed E-state index contributed by atoms with van der Waals surface area (Å²) < 4.78 is 21.9. The Kier molecular flexibility index (Phi) is 12.8. The maximum atomic E-state index is 14.4. The molecule has 6 aromatic heterocycles. The normalized spacial score (nSPS) is 15.9. The maximum absolute atomic E-state index is 14.4. The third-order valence-electron chi connectivity index (χ3n) is 12.7. The van der Waals surface area contributed by atoms with Gasteiger partial charge in [-0.2, -0.15) is 0 Å². The number of piperazine rings is 1. The Morgan fingerprint density at radius 2 is 1.27 bits per heavy atom. The van der Waals surface area contributed by atoms with E-state index in [1.165, 1.54) is 0 Å². The van der Waals surface area contributed by atoms with Gasteiger partial charge in [0.2, 0.25) is 11.9 Å². The van der Waals surface area contributed by atoms with Gasteiger partial charge >= 0.3 is 0 Å². The van der Waals surface area contributed by atoms with E-state index in [1.54, 1.807) is 71.0 Å². The molecule has 1 amide bonds. The maximum Gasteiger partial charge on any atom is 0.260 e. The summed E-state index contributed by atoms with van der Waals surface area (Å²) in [5.41, 5.74) is 4.97. The Balaban J connectivity index is 0.801. The number of aliphatic hydroxyl groups is 1. The molecular weight excluding hydrogens is 936 g/mol. The first-order valence-corrected chi connectivity index (χ1v) is 23.3. The summed E-state index contributed by atoms with van der Waals surface area (Å²) in [6.45, 7) is 4.68. The first-order chi connectivity index (χ1) is 33.9. The number of rotatable bonds is 15. The van der Waals surface area contributed by atoms with Crippen LogP contribution in [0.2, 0.25) is 10.0 Å². The molecule has 10 rings (SSSR count). The van der Waals surface area contributed by atoms with Crippen LogP contribution in [0.5, 0.6) is 17.2 Å². The van der Waals surface area contributed by atoms with Crippen molar-refractivity contribution < 1.29 is 24.1 Å². The number of nitrogens with one attached hydrogen (secondary N) is 2. The van der Waals surface area contributed by atoms with Gasteiger partial charge in [0.1, 0.15) is 46.0 Å². The molecule has 8 heterocycles. The van der Waals surface area contributed by atoms with Gasteiger partial charge in [-0.1, -0.05) is 35.3 Å². The summed E-state index contributed by atoms with van der Waals surface area (Å²) in [7, 11) is 6.63. The molecular formula is C49H50Cl2N14O5. The zero-order valence-corrected chi connectivity index (χ0v) is 40.5. The van der Waals surface area contributed by atoms with Gasteiger partial charge in [0, 0.05) is 83.6 Å². The number of carbonyl (C=O) groups excluding carboxylic acids is 1. The molecule has 8 aromatic rings. The van der Waals surface area contributed by atoms with Gasteiger partial charge in [-0.05, 0) is 55.5 Å². The van der Waals surface area contributed by atoms with E-state index in [2.05, 4.69) is 40.4 Å². The number of aliphatic hydroxyl groups excluding tert-OH is 1. The fourth-order valence-electron chi connectivity index (χ4n) is 9.29. The molecule has 2 aliphatic rings. The SMILES string of the molecule is COc1cc(OC2CN(C(C(=O)N(C)C)(C(C)O)N3CCN(c4ccc(Nc5ncc(Cl)c(-c6cnc7ccccn67)n5)c(OC)c4)CC3)C2)ccc1Nc1ncc(Cl)c(-c2cnc3ccccn23)n1. The molecule has 2 atom stereocenters. The van der Waals surface area contributed by atoms with Crippen molar-refractivity contribution in [2.24, 2.45) is 0 Å². The number of imidazole rings is 2. The van der Waals surface area contributed by atoms with Crippen molar-refractivity contribution in [2.75, 3.05) is 83.1 Å². The summed E-state index contributed by atoms with van der Waals surface area (Å²) >= 11 is 13.2. The number of aromatic nitrogens is 8. The van der Waals surface area contributed by atoms with E-state index in [1.807, 2.05) is 92.8 Å². The van der Waals surface area contributed by atoms with E-state index in [0.717, 1.165) is 28.4 Å². The highest BCUT2D eigenvalue weighted by Crippen LogP contribution is 2.39. The van der Waals surface area contributed by atoms with Crippen molar-refractivity contribution in [1.82, 2.24) is 53.4 Å². The minimum absolute atomic E-state index is 0.202. The molecule has 19 nitrogen and oxygen atoms in total. The van der Waals surface area contributed by atoms with Crippen molar-refractivity contribution in [3.05, 3.63) is 120 Å². The van der Waals surface area contributed by atoms with Crippen LogP contribution in [0.4, 0.5) is 29.0 Å².